The first-order chi connectivity index (χ1) is 7.75. The van der Waals surface area contributed by atoms with E-state index in [-0.39, 0.29) is 5.82 Å². The molecule has 0 aliphatic heterocycles. The number of rotatable bonds is 4. The Morgan fingerprint density at radius 3 is 2.56 bits per heavy atom. The topological polar surface area (TPSA) is 0 Å². The van der Waals surface area contributed by atoms with Crippen molar-refractivity contribution < 1.29 is 4.39 Å². The van der Waals surface area contributed by atoms with E-state index in [1.807, 2.05) is 23.5 Å². The quantitative estimate of drug-likeness (QED) is 0.737. The number of thiophene rings is 1. The predicted molar refractivity (Wildman–Crippen MR) is 67.5 cm³/mol. The zero-order chi connectivity index (χ0) is 11.4. The van der Waals surface area contributed by atoms with Crippen molar-refractivity contribution in [2.45, 2.75) is 26.2 Å². The highest BCUT2D eigenvalue weighted by Crippen LogP contribution is 2.18. The molecule has 84 valence electrons. The summed E-state index contributed by atoms with van der Waals surface area (Å²) in [6.07, 6.45) is 2.89. The van der Waals surface area contributed by atoms with Crippen LogP contribution in [0.15, 0.2) is 36.4 Å². The molecule has 2 rings (SSSR count). The van der Waals surface area contributed by atoms with E-state index in [1.165, 1.54) is 15.8 Å². The Balaban J connectivity index is 1.87. The molecule has 0 aliphatic carbocycles. The number of hydrogen-bond acceptors (Lipinski definition) is 1. The monoisotopic (exact) mass is 234 g/mol. The summed E-state index contributed by atoms with van der Waals surface area (Å²) in [6.45, 7) is 2.12. The minimum absolute atomic E-state index is 0.0788. The second-order valence-corrected chi connectivity index (χ2v) is 5.33. The lowest BCUT2D eigenvalue weighted by Gasteiger charge is -2.01. The molecule has 0 N–H and O–H groups in total. The fourth-order valence-corrected chi connectivity index (χ4v) is 2.71. The van der Waals surface area contributed by atoms with Gasteiger partial charge in [-0.05, 0) is 49.9 Å². The summed E-state index contributed by atoms with van der Waals surface area (Å²) >= 11 is 1.83. The van der Waals surface area contributed by atoms with Crippen LogP contribution in [-0.2, 0) is 12.8 Å². The Morgan fingerprint density at radius 1 is 1.06 bits per heavy atom. The van der Waals surface area contributed by atoms with Crippen LogP contribution in [0.4, 0.5) is 4.39 Å². The van der Waals surface area contributed by atoms with E-state index in [0.717, 1.165) is 24.8 Å². The van der Waals surface area contributed by atoms with Gasteiger partial charge in [-0.3, -0.25) is 0 Å². The Kier molecular flexibility index (Phi) is 3.73. The average Bonchev–Trinajstić information content (AvgIpc) is 2.67. The molecule has 16 heavy (non-hydrogen) atoms. The highest BCUT2D eigenvalue weighted by molar-refractivity contribution is 7.11. The van der Waals surface area contributed by atoms with Crippen molar-refractivity contribution in [3.05, 3.63) is 57.5 Å². The van der Waals surface area contributed by atoms with Gasteiger partial charge in [-0.1, -0.05) is 18.2 Å². The van der Waals surface area contributed by atoms with Crippen LogP contribution in [-0.4, -0.2) is 0 Å². The zero-order valence-electron chi connectivity index (χ0n) is 9.37. The number of aryl methyl sites for hydroxylation is 3. The van der Waals surface area contributed by atoms with Crippen molar-refractivity contribution in [3.8, 4) is 0 Å². The summed E-state index contributed by atoms with van der Waals surface area (Å²) in [5.41, 5.74) is 0.829. The van der Waals surface area contributed by atoms with Gasteiger partial charge < -0.3 is 0 Å². The molecule has 2 heteroatoms. The minimum Gasteiger partial charge on any atom is -0.207 e. The van der Waals surface area contributed by atoms with Crippen LogP contribution >= 0.6 is 11.3 Å². The Bertz CT molecular complexity index is 459. The Hall–Kier alpha value is -1.15. The van der Waals surface area contributed by atoms with Gasteiger partial charge >= 0.3 is 0 Å². The van der Waals surface area contributed by atoms with Gasteiger partial charge in [0, 0.05) is 9.75 Å². The fraction of sp³-hybridized carbons (Fsp3) is 0.286. The Labute approximate surface area is 99.8 Å². The van der Waals surface area contributed by atoms with Crippen LogP contribution in [0, 0.1) is 12.7 Å². The summed E-state index contributed by atoms with van der Waals surface area (Å²) < 4.78 is 13.3. The average molecular weight is 234 g/mol. The molecule has 0 nitrogen and oxygen atoms in total. The first kappa shape index (κ1) is 11.3. The van der Waals surface area contributed by atoms with E-state index >= 15 is 0 Å². The third-order valence-corrected chi connectivity index (χ3v) is 3.68. The highest BCUT2D eigenvalue weighted by Gasteiger charge is 2.01. The maximum atomic E-state index is 13.3. The van der Waals surface area contributed by atoms with E-state index in [2.05, 4.69) is 19.1 Å². The molecule has 0 radical (unpaired) electrons. The van der Waals surface area contributed by atoms with Crippen molar-refractivity contribution in [1.82, 2.24) is 0 Å². The third-order valence-electron chi connectivity index (χ3n) is 2.62. The molecule has 1 heterocycles. The molecule has 0 saturated carbocycles. The van der Waals surface area contributed by atoms with Gasteiger partial charge in [-0.2, -0.15) is 0 Å². The summed E-state index contributed by atoms with van der Waals surface area (Å²) in [4.78, 5) is 2.75. The van der Waals surface area contributed by atoms with Crippen LogP contribution in [0.2, 0.25) is 0 Å². The summed E-state index contributed by atoms with van der Waals surface area (Å²) in [5.74, 6) is -0.0788. The first-order valence-electron chi connectivity index (χ1n) is 5.54. The van der Waals surface area contributed by atoms with Gasteiger partial charge in [0.2, 0.25) is 0 Å². The lowest BCUT2D eigenvalue weighted by Crippen LogP contribution is -1.91. The molecule has 0 spiro atoms. The second-order valence-electron chi connectivity index (χ2n) is 3.96. The molecule has 0 unspecified atom stereocenters. The van der Waals surface area contributed by atoms with Crippen molar-refractivity contribution in [1.29, 1.82) is 0 Å². The standard InChI is InChI=1S/C14H15FS/c1-11-9-10-13(16-11)7-4-6-12-5-2-3-8-14(12)15/h2-3,5,8-10H,4,6-7H2,1H3. The molecular formula is C14H15FS. The van der Waals surface area contributed by atoms with Crippen LogP contribution in [0.25, 0.3) is 0 Å². The Morgan fingerprint density at radius 2 is 1.88 bits per heavy atom. The van der Waals surface area contributed by atoms with Gasteiger partial charge in [0.05, 0.1) is 0 Å². The van der Waals surface area contributed by atoms with E-state index in [1.54, 1.807) is 6.07 Å². The molecule has 0 atom stereocenters. The molecule has 1 aromatic carbocycles. The first-order valence-corrected chi connectivity index (χ1v) is 6.36. The summed E-state index contributed by atoms with van der Waals surface area (Å²) in [5, 5.41) is 0. The molecule has 0 aliphatic rings. The van der Waals surface area contributed by atoms with Crippen LogP contribution in [0.5, 0.6) is 0 Å². The number of benzene rings is 1. The highest BCUT2D eigenvalue weighted by atomic mass is 32.1. The van der Waals surface area contributed by atoms with E-state index < -0.39 is 0 Å². The van der Waals surface area contributed by atoms with Crippen molar-refractivity contribution in [3.63, 3.8) is 0 Å². The van der Waals surface area contributed by atoms with Gasteiger partial charge in [-0.15, -0.1) is 11.3 Å². The SMILES string of the molecule is Cc1ccc(CCCc2ccccc2F)s1. The molecule has 0 saturated heterocycles. The third kappa shape index (κ3) is 2.92. The summed E-state index contributed by atoms with van der Waals surface area (Å²) in [7, 11) is 0. The van der Waals surface area contributed by atoms with Gasteiger partial charge in [0.25, 0.3) is 0 Å². The molecule has 2 aromatic rings. The van der Waals surface area contributed by atoms with Crippen LogP contribution in [0.3, 0.4) is 0 Å². The molecule has 0 bridgehead atoms. The number of hydrogen-bond donors (Lipinski definition) is 0. The van der Waals surface area contributed by atoms with Gasteiger partial charge in [0.1, 0.15) is 5.82 Å². The molecule has 0 fully saturated rings. The van der Waals surface area contributed by atoms with Crippen molar-refractivity contribution >= 4 is 11.3 Å². The lowest BCUT2D eigenvalue weighted by molar-refractivity contribution is 0.604. The smallest absolute Gasteiger partial charge is 0.126 e. The molecular weight excluding hydrogens is 219 g/mol. The van der Waals surface area contributed by atoms with Crippen molar-refractivity contribution in [2.24, 2.45) is 0 Å². The van der Waals surface area contributed by atoms with Crippen molar-refractivity contribution in [2.75, 3.05) is 0 Å². The molecule has 0 amide bonds. The largest absolute Gasteiger partial charge is 0.207 e. The van der Waals surface area contributed by atoms with E-state index in [4.69, 9.17) is 0 Å². The predicted octanol–water partition coefficient (Wildman–Crippen LogP) is 4.37. The second kappa shape index (κ2) is 5.26. The number of halogens is 1. The minimum atomic E-state index is -0.0788. The normalized spacial score (nSPS) is 10.6. The van der Waals surface area contributed by atoms with Crippen LogP contribution < -0.4 is 0 Å². The summed E-state index contributed by atoms with van der Waals surface area (Å²) in [6, 6.07) is 11.3. The fourth-order valence-electron chi connectivity index (χ4n) is 1.77. The van der Waals surface area contributed by atoms with Gasteiger partial charge in [0.15, 0.2) is 0 Å². The molecule has 1 aromatic heterocycles. The lowest BCUT2D eigenvalue weighted by atomic mass is 10.1. The maximum Gasteiger partial charge on any atom is 0.126 e. The van der Waals surface area contributed by atoms with E-state index in [9.17, 15) is 4.39 Å². The van der Waals surface area contributed by atoms with Gasteiger partial charge in [-0.25, -0.2) is 4.39 Å². The van der Waals surface area contributed by atoms with Crippen LogP contribution in [0.1, 0.15) is 21.7 Å². The maximum absolute atomic E-state index is 13.3. The zero-order valence-corrected chi connectivity index (χ0v) is 10.2. The van der Waals surface area contributed by atoms with E-state index in [0.29, 0.717) is 0 Å².